The zero-order valence-corrected chi connectivity index (χ0v) is 13.1. The van der Waals surface area contributed by atoms with Crippen LogP contribution in [0.1, 0.15) is 18.4 Å². The second-order valence-corrected chi connectivity index (χ2v) is 7.87. The lowest BCUT2D eigenvalue weighted by Crippen LogP contribution is -2.42. The number of benzene rings is 1. The van der Waals surface area contributed by atoms with Crippen molar-refractivity contribution in [1.29, 1.82) is 0 Å². The minimum absolute atomic E-state index is 0.168. The van der Waals surface area contributed by atoms with Crippen LogP contribution >= 0.6 is 0 Å². The molecule has 1 fully saturated rings. The smallest absolute Gasteiger partial charge is 0.150 e. The molecule has 1 saturated heterocycles. The van der Waals surface area contributed by atoms with Gasteiger partial charge in [0, 0.05) is 12.6 Å². The van der Waals surface area contributed by atoms with E-state index in [1.165, 1.54) is 0 Å². The molecule has 1 aromatic rings. The molecule has 2 rings (SSSR count). The van der Waals surface area contributed by atoms with E-state index < -0.39 is 15.9 Å². The lowest BCUT2D eigenvalue weighted by molar-refractivity contribution is 0.103. The summed E-state index contributed by atoms with van der Waals surface area (Å²) in [4.78, 5) is 0. The van der Waals surface area contributed by atoms with Crippen LogP contribution in [-0.4, -0.2) is 50.3 Å². The SMILES string of the molecule is Cc1ccccc1OCC(O)CNC1CCS(=O)(=O)CC1. The maximum absolute atomic E-state index is 11.3. The van der Waals surface area contributed by atoms with Gasteiger partial charge >= 0.3 is 0 Å². The summed E-state index contributed by atoms with van der Waals surface area (Å²) < 4.78 is 28.2. The zero-order valence-electron chi connectivity index (χ0n) is 12.3. The van der Waals surface area contributed by atoms with Gasteiger partial charge < -0.3 is 15.2 Å². The first-order chi connectivity index (χ1) is 9.96. The van der Waals surface area contributed by atoms with Crippen molar-refractivity contribution in [3.05, 3.63) is 29.8 Å². The highest BCUT2D eigenvalue weighted by molar-refractivity contribution is 7.91. The first-order valence-electron chi connectivity index (χ1n) is 7.26. The van der Waals surface area contributed by atoms with E-state index in [1.54, 1.807) is 0 Å². The average molecular weight is 313 g/mol. The number of hydrogen-bond donors (Lipinski definition) is 2. The molecule has 0 aliphatic carbocycles. The van der Waals surface area contributed by atoms with Crippen molar-refractivity contribution in [2.75, 3.05) is 24.7 Å². The third-order valence-electron chi connectivity index (χ3n) is 3.72. The van der Waals surface area contributed by atoms with Gasteiger partial charge in [-0.05, 0) is 31.4 Å². The molecule has 1 heterocycles. The molecule has 1 atom stereocenters. The van der Waals surface area contributed by atoms with Gasteiger partial charge in [-0.15, -0.1) is 0 Å². The standard InChI is InChI=1S/C15H23NO4S/c1-12-4-2-3-5-15(12)20-11-14(17)10-16-13-6-8-21(18,19)9-7-13/h2-5,13-14,16-17H,6-11H2,1H3. The highest BCUT2D eigenvalue weighted by atomic mass is 32.2. The Morgan fingerprint density at radius 1 is 1.33 bits per heavy atom. The van der Waals surface area contributed by atoms with E-state index >= 15 is 0 Å². The van der Waals surface area contributed by atoms with E-state index in [2.05, 4.69) is 5.32 Å². The van der Waals surface area contributed by atoms with Gasteiger partial charge in [0.2, 0.25) is 0 Å². The summed E-state index contributed by atoms with van der Waals surface area (Å²) in [6.45, 7) is 2.60. The van der Waals surface area contributed by atoms with Crippen molar-refractivity contribution in [3.8, 4) is 5.75 Å². The number of para-hydroxylation sites is 1. The van der Waals surface area contributed by atoms with Gasteiger partial charge in [0.05, 0.1) is 11.5 Å². The molecular weight excluding hydrogens is 290 g/mol. The number of sulfone groups is 1. The highest BCUT2D eigenvalue weighted by Crippen LogP contribution is 2.16. The lowest BCUT2D eigenvalue weighted by Gasteiger charge is -2.24. The summed E-state index contributed by atoms with van der Waals surface area (Å²) in [5.74, 6) is 1.25. The second kappa shape index (κ2) is 7.24. The predicted molar refractivity (Wildman–Crippen MR) is 82.4 cm³/mol. The number of aliphatic hydroxyl groups is 1. The van der Waals surface area contributed by atoms with E-state index in [0.29, 0.717) is 19.4 Å². The molecule has 0 bridgehead atoms. The van der Waals surface area contributed by atoms with Crippen LogP contribution < -0.4 is 10.1 Å². The molecule has 21 heavy (non-hydrogen) atoms. The molecule has 2 N–H and O–H groups in total. The topological polar surface area (TPSA) is 75.6 Å². The molecule has 1 aliphatic rings. The summed E-state index contributed by atoms with van der Waals surface area (Å²) in [6.07, 6.45) is 0.629. The van der Waals surface area contributed by atoms with Crippen LogP contribution in [0.5, 0.6) is 5.75 Å². The van der Waals surface area contributed by atoms with Crippen LogP contribution in [0.15, 0.2) is 24.3 Å². The molecule has 1 aromatic carbocycles. The fourth-order valence-corrected chi connectivity index (χ4v) is 3.85. The van der Waals surface area contributed by atoms with Crippen LogP contribution in [0, 0.1) is 6.92 Å². The van der Waals surface area contributed by atoms with Crippen molar-refractivity contribution in [1.82, 2.24) is 5.32 Å². The summed E-state index contributed by atoms with van der Waals surface area (Å²) in [5, 5.41) is 13.1. The van der Waals surface area contributed by atoms with E-state index in [1.807, 2.05) is 31.2 Å². The van der Waals surface area contributed by atoms with E-state index in [4.69, 9.17) is 4.74 Å². The maximum atomic E-state index is 11.3. The van der Waals surface area contributed by atoms with Gasteiger partial charge in [0.25, 0.3) is 0 Å². The molecular formula is C15H23NO4S. The van der Waals surface area contributed by atoms with Gasteiger partial charge in [-0.3, -0.25) is 0 Å². The Kier molecular flexibility index (Phi) is 5.61. The molecule has 0 radical (unpaired) electrons. The maximum Gasteiger partial charge on any atom is 0.150 e. The summed E-state index contributed by atoms with van der Waals surface area (Å²) in [7, 11) is -2.83. The van der Waals surface area contributed by atoms with Crippen LogP contribution in [0.3, 0.4) is 0 Å². The van der Waals surface area contributed by atoms with Crippen LogP contribution in [0.2, 0.25) is 0 Å². The molecule has 0 aromatic heterocycles. The molecule has 6 heteroatoms. The normalized spacial score (nSPS) is 20.1. The molecule has 1 unspecified atom stereocenters. The molecule has 118 valence electrons. The van der Waals surface area contributed by atoms with Crippen molar-refractivity contribution < 1.29 is 18.3 Å². The first kappa shape index (κ1) is 16.3. The molecule has 5 nitrogen and oxygen atoms in total. The largest absolute Gasteiger partial charge is 0.491 e. The first-order valence-corrected chi connectivity index (χ1v) is 9.09. The van der Waals surface area contributed by atoms with Gasteiger partial charge in [-0.25, -0.2) is 8.42 Å². The Hall–Kier alpha value is -1.11. The Bertz CT molecular complexity index is 545. The molecule has 0 amide bonds. The third-order valence-corrected chi connectivity index (χ3v) is 5.44. The summed E-state index contributed by atoms with van der Waals surface area (Å²) in [6, 6.07) is 7.85. The quantitative estimate of drug-likeness (QED) is 0.816. The summed E-state index contributed by atoms with van der Waals surface area (Å²) in [5.41, 5.74) is 1.04. The van der Waals surface area contributed by atoms with Gasteiger partial charge in [0.15, 0.2) is 0 Å². The van der Waals surface area contributed by atoms with E-state index in [9.17, 15) is 13.5 Å². The molecule has 0 saturated carbocycles. The fraction of sp³-hybridized carbons (Fsp3) is 0.600. The second-order valence-electron chi connectivity index (χ2n) is 5.56. The van der Waals surface area contributed by atoms with Gasteiger partial charge in [0.1, 0.15) is 28.3 Å². The predicted octanol–water partition coefficient (Wildman–Crippen LogP) is 0.902. The zero-order chi connectivity index (χ0) is 15.3. The monoisotopic (exact) mass is 313 g/mol. The lowest BCUT2D eigenvalue weighted by atomic mass is 10.1. The Morgan fingerprint density at radius 3 is 2.67 bits per heavy atom. The number of aryl methyl sites for hydroxylation is 1. The summed E-state index contributed by atoms with van der Waals surface area (Å²) >= 11 is 0. The van der Waals surface area contributed by atoms with Crippen molar-refractivity contribution in [2.24, 2.45) is 0 Å². The van der Waals surface area contributed by atoms with Crippen LogP contribution in [-0.2, 0) is 9.84 Å². The van der Waals surface area contributed by atoms with Crippen molar-refractivity contribution in [3.63, 3.8) is 0 Å². The van der Waals surface area contributed by atoms with Gasteiger partial charge in [-0.1, -0.05) is 18.2 Å². The fourth-order valence-electron chi connectivity index (χ4n) is 2.36. The van der Waals surface area contributed by atoms with E-state index in [0.717, 1.165) is 11.3 Å². The minimum atomic E-state index is -2.83. The Labute approximate surface area is 126 Å². The average Bonchev–Trinajstić information content (AvgIpc) is 2.45. The number of hydrogen-bond acceptors (Lipinski definition) is 5. The highest BCUT2D eigenvalue weighted by Gasteiger charge is 2.23. The number of rotatable bonds is 6. The van der Waals surface area contributed by atoms with Crippen LogP contribution in [0.25, 0.3) is 0 Å². The minimum Gasteiger partial charge on any atom is -0.491 e. The Morgan fingerprint density at radius 2 is 2.00 bits per heavy atom. The number of aliphatic hydroxyl groups excluding tert-OH is 1. The number of nitrogens with one attached hydrogen (secondary N) is 1. The molecule has 1 aliphatic heterocycles. The Balaban J connectivity index is 1.68. The van der Waals surface area contributed by atoms with Crippen LogP contribution in [0.4, 0.5) is 0 Å². The number of ether oxygens (including phenoxy) is 1. The molecule has 0 spiro atoms. The van der Waals surface area contributed by atoms with E-state index in [-0.39, 0.29) is 24.2 Å². The third kappa shape index (κ3) is 5.30. The van der Waals surface area contributed by atoms with Gasteiger partial charge in [-0.2, -0.15) is 0 Å². The van der Waals surface area contributed by atoms with Crippen molar-refractivity contribution in [2.45, 2.75) is 31.9 Å². The van der Waals surface area contributed by atoms with Crippen molar-refractivity contribution >= 4 is 9.84 Å².